The van der Waals surface area contributed by atoms with Crippen LogP contribution < -0.4 is 0 Å². The minimum absolute atomic E-state index is 0.476. The van der Waals surface area contributed by atoms with Crippen LogP contribution in [-0.4, -0.2) is 13.2 Å². The van der Waals surface area contributed by atoms with Crippen molar-refractivity contribution in [3.63, 3.8) is 0 Å². The minimum Gasteiger partial charge on any atom is -0.381 e. The second kappa shape index (κ2) is 4.85. The lowest BCUT2D eigenvalue weighted by Gasteiger charge is -2.59. The highest BCUT2D eigenvalue weighted by Crippen LogP contribution is 2.65. The SMILES string of the molecule is COC1CC[C@H]2[C@@H]3CCC4CC=CC[C@]4(C)[C@@H]3CC[C@]12C. The van der Waals surface area contributed by atoms with Gasteiger partial charge in [-0.15, -0.1) is 0 Å². The van der Waals surface area contributed by atoms with E-state index >= 15 is 0 Å². The summed E-state index contributed by atoms with van der Waals surface area (Å²) >= 11 is 0. The van der Waals surface area contributed by atoms with Crippen LogP contribution >= 0.6 is 0 Å². The van der Waals surface area contributed by atoms with Crippen LogP contribution in [0.3, 0.4) is 0 Å². The second-order valence-electron chi connectivity index (χ2n) is 8.91. The van der Waals surface area contributed by atoms with E-state index in [9.17, 15) is 0 Å². The first-order chi connectivity index (χ1) is 10.1. The molecule has 0 aromatic carbocycles. The van der Waals surface area contributed by atoms with E-state index < -0.39 is 0 Å². The Morgan fingerprint density at radius 1 is 0.905 bits per heavy atom. The molecule has 2 unspecified atom stereocenters. The molecule has 1 nitrogen and oxygen atoms in total. The van der Waals surface area contributed by atoms with Gasteiger partial charge in [0.1, 0.15) is 0 Å². The van der Waals surface area contributed by atoms with E-state index in [-0.39, 0.29) is 0 Å². The van der Waals surface area contributed by atoms with Crippen LogP contribution in [0, 0.1) is 34.5 Å². The maximum atomic E-state index is 5.88. The normalized spacial score (nSPS) is 55.7. The molecule has 21 heavy (non-hydrogen) atoms. The van der Waals surface area contributed by atoms with Crippen LogP contribution in [0.25, 0.3) is 0 Å². The van der Waals surface area contributed by atoms with E-state index in [1.54, 1.807) is 0 Å². The monoisotopic (exact) mass is 288 g/mol. The van der Waals surface area contributed by atoms with Crippen LogP contribution in [0.5, 0.6) is 0 Å². The van der Waals surface area contributed by atoms with E-state index in [4.69, 9.17) is 4.74 Å². The third-order valence-electron chi connectivity index (χ3n) is 8.41. The zero-order valence-electron chi connectivity index (χ0n) is 14.1. The summed E-state index contributed by atoms with van der Waals surface area (Å²) < 4.78 is 5.88. The highest BCUT2D eigenvalue weighted by molar-refractivity contribution is 5.12. The fraction of sp³-hybridized carbons (Fsp3) is 0.900. The van der Waals surface area contributed by atoms with Gasteiger partial charge in [-0.3, -0.25) is 0 Å². The van der Waals surface area contributed by atoms with Gasteiger partial charge in [-0.1, -0.05) is 26.0 Å². The number of fused-ring (bicyclic) bond motifs is 5. The lowest BCUT2D eigenvalue weighted by molar-refractivity contribution is -0.114. The van der Waals surface area contributed by atoms with Crippen molar-refractivity contribution < 1.29 is 4.74 Å². The topological polar surface area (TPSA) is 9.23 Å². The Hall–Kier alpha value is -0.300. The van der Waals surface area contributed by atoms with Crippen molar-refractivity contribution in [2.45, 2.75) is 71.3 Å². The Kier molecular flexibility index (Phi) is 3.30. The molecule has 0 saturated heterocycles. The number of allylic oxidation sites excluding steroid dienone is 2. The average Bonchev–Trinajstić information content (AvgIpc) is 2.83. The molecule has 0 amide bonds. The molecule has 0 bridgehead atoms. The van der Waals surface area contributed by atoms with Gasteiger partial charge in [-0.05, 0) is 85.9 Å². The number of rotatable bonds is 1. The van der Waals surface area contributed by atoms with Crippen molar-refractivity contribution in [3.05, 3.63) is 12.2 Å². The van der Waals surface area contributed by atoms with Crippen LogP contribution in [0.2, 0.25) is 0 Å². The molecule has 4 rings (SSSR count). The first kappa shape index (κ1) is 14.3. The third-order valence-corrected chi connectivity index (χ3v) is 8.41. The summed E-state index contributed by atoms with van der Waals surface area (Å²) in [5.41, 5.74) is 1.08. The van der Waals surface area contributed by atoms with Crippen LogP contribution in [0.4, 0.5) is 0 Å². The molecule has 0 heterocycles. The minimum atomic E-state index is 0.476. The fourth-order valence-corrected chi connectivity index (χ4v) is 7.18. The molecule has 1 heteroatoms. The van der Waals surface area contributed by atoms with Gasteiger partial charge in [-0.25, -0.2) is 0 Å². The van der Waals surface area contributed by atoms with Crippen molar-refractivity contribution in [2.75, 3.05) is 7.11 Å². The first-order valence-electron chi connectivity index (χ1n) is 9.27. The van der Waals surface area contributed by atoms with Gasteiger partial charge in [0.05, 0.1) is 6.10 Å². The smallest absolute Gasteiger partial charge is 0.0627 e. The van der Waals surface area contributed by atoms with Gasteiger partial charge in [0, 0.05) is 7.11 Å². The molecule has 4 aliphatic rings. The quantitative estimate of drug-likeness (QED) is 0.602. The van der Waals surface area contributed by atoms with Crippen molar-refractivity contribution in [2.24, 2.45) is 34.5 Å². The summed E-state index contributed by atoms with van der Waals surface area (Å²) in [5, 5.41) is 0. The third kappa shape index (κ3) is 1.85. The predicted molar refractivity (Wildman–Crippen MR) is 87.0 cm³/mol. The van der Waals surface area contributed by atoms with Crippen molar-refractivity contribution >= 4 is 0 Å². The molecule has 3 fully saturated rings. The van der Waals surface area contributed by atoms with Crippen molar-refractivity contribution in [1.82, 2.24) is 0 Å². The largest absolute Gasteiger partial charge is 0.381 e. The molecule has 0 aromatic rings. The highest BCUT2D eigenvalue weighted by atomic mass is 16.5. The molecule has 0 N–H and O–H groups in total. The Morgan fingerprint density at radius 2 is 1.71 bits per heavy atom. The molecule has 4 aliphatic carbocycles. The molecule has 118 valence electrons. The summed E-state index contributed by atoms with van der Waals surface area (Å²) in [6, 6.07) is 0. The molecule has 0 aromatic heterocycles. The Bertz CT molecular complexity index is 441. The lowest BCUT2D eigenvalue weighted by atomic mass is 9.46. The average molecular weight is 288 g/mol. The van der Waals surface area contributed by atoms with E-state index in [1.807, 2.05) is 7.11 Å². The zero-order valence-corrected chi connectivity index (χ0v) is 14.1. The van der Waals surface area contributed by atoms with E-state index in [1.165, 1.54) is 51.4 Å². The predicted octanol–water partition coefficient (Wildman–Crippen LogP) is 5.21. The molecule has 0 aliphatic heterocycles. The number of methoxy groups -OCH3 is 1. The van der Waals surface area contributed by atoms with Gasteiger partial charge in [0.25, 0.3) is 0 Å². The molecular formula is C20H32O. The van der Waals surface area contributed by atoms with Gasteiger partial charge in [0.2, 0.25) is 0 Å². The van der Waals surface area contributed by atoms with E-state index in [0.717, 1.165) is 23.7 Å². The molecule has 7 atom stereocenters. The van der Waals surface area contributed by atoms with Gasteiger partial charge >= 0.3 is 0 Å². The number of hydrogen-bond acceptors (Lipinski definition) is 1. The Labute approximate surface area is 130 Å². The summed E-state index contributed by atoms with van der Waals surface area (Å²) in [4.78, 5) is 0. The summed E-state index contributed by atoms with van der Waals surface area (Å²) in [7, 11) is 1.94. The summed E-state index contributed by atoms with van der Waals surface area (Å²) in [6.45, 7) is 5.17. The van der Waals surface area contributed by atoms with Gasteiger partial charge in [0.15, 0.2) is 0 Å². The number of ether oxygens (including phenoxy) is 1. The van der Waals surface area contributed by atoms with Crippen LogP contribution in [-0.2, 0) is 4.74 Å². The van der Waals surface area contributed by atoms with Crippen LogP contribution in [0.15, 0.2) is 12.2 Å². The summed E-state index contributed by atoms with van der Waals surface area (Å²) in [6.07, 6.45) is 16.7. The van der Waals surface area contributed by atoms with E-state index in [0.29, 0.717) is 16.9 Å². The number of hydrogen-bond donors (Lipinski definition) is 0. The fourth-order valence-electron chi connectivity index (χ4n) is 7.18. The molecule has 0 spiro atoms. The molecule has 0 radical (unpaired) electrons. The zero-order chi connectivity index (χ0) is 14.7. The standard InChI is InChI=1S/C20H32O/c1-19-12-5-4-6-14(19)7-8-15-16-9-10-18(21-3)20(16,2)13-11-17(15)19/h4-5,14-18H,6-13H2,1-3H3/t14?,15-,16-,17+,18?,19-,20-/m0/s1. The lowest BCUT2D eigenvalue weighted by Crippen LogP contribution is -2.53. The van der Waals surface area contributed by atoms with Gasteiger partial charge in [-0.2, -0.15) is 0 Å². The van der Waals surface area contributed by atoms with Crippen LogP contribution in [0.1, 0.15) is 65.2 Å². The maximum absolute atomic E-state index is 5.88. The first-order valence-corrected chi connectivity index (χ1v) is 9.27. The Morgan fingerprint density at radius 3 is 2.52 bits per heavy atom. The molecular weight excluding hydrogens is 256 g/mol. The Balaban J connectivity index is 1.64. The molecule has 3 saturated carbocycles. The summed E-state index contributed by atoms with van der Waals surface area (Å²) in [5.74, 6) is 3.86. The van der Waals surface area contributed by atoms with Gasteiger partial charge < -0.3 is 4.74 Å². The van der Waals surface area contributed by atoms with E-state index in [2.05, 4.69) is 26.0 Å². The van der Waals surface area contributed by atoms with Crippen molar-refractivity contribution in [3.8, 4) is 0 Å². The van der Waals surface area contributed by atoms with Crippen molar-refractivity contribution in [1.29, 1.82) is 0 Å². The maximum Gasteiger partial charge on any atom is 0.0627 e. The highest BCUT2D eigenvalue weighted by Gasteiger charge is 2.59. The second-order valence-corrected chi connectivity index (χ2v) is 8.91.